The van der Waals surface area contributed by atoms with Crippen LogP contribution >= 0.6 is 0 Å². The Hall–Kier alpha value is -1.08. The summed E-state index contributed by atoms with van der Waals surface area (Å²) >= 11 is 0. The minimum absolute atomic E-state index is 0.113. The van der Waals surface area contributed by atoms with E-state index in [1.165, 1.54) is 19.3 Å². The Kier molecular flexibility index (Phi) is 6.74. The summed E-state index contributed by atoms with van der Waals surface area (Å²) in [5, 5.41) is 11.8. The summed E-state index contributed by atoms with van der Waals surface area (Å²) in [6.45, 7) is 5.44. The van der Waals surface area contributed by atoms with Gasteiger partial charge in [0.05, 0.1) is 12.1 Å². The van der Waals surface area contributed by atoms with E-state index in [2.05, 4.69) is 16.3 Å². The zero-order valence-electron chi connectivity index (χ0n) is 11.6. The van der Waals surface area contributed by atoms with Crippen LogP contribution in [0.2, 0.25) is 0 Å². The first-order valence-corrected chi connectivity index (χ1v) is 7.10. The van der Waals surface area contributed by atoms with Crippen molar-refractivity contribution in [1.29, 1.82) is 5.26 Å². The molecular weight excluding hydrogens is 226 g/mol. The fourth-order valence-corrected chi connectivity index (χ4v) is 2.55. The minimum atomic E-state index is -0.134. The number of amides is 1. The summed E-state index contributed by atoms with van der Waals surface area (Å²) in [6, 6.07) is 2.36. The van der Waals surface area contributed by atoms with Crippen molar-refractivity contribution in [3.05, 3.63) is 0 Å². The maximum absolute atomic E-state index is 12.1. The molecule has 1 unspecified atom stereocenters. The molecule has 1 atom stereocenters. The summed E-state index contributed by atoms with van der Waals surface area (Å²) in [6.07, 6.45) is 6.46. The standard InChI is InChI=1S/C14H25N3O/c1-3-17(11-7-10-15)12(2)14(18)16-13-8-5-4-6-9-13/h12-13H,3-9,11H2,1-2H3,(H,16,18). The summed E-state index contributed by atoms with van der Waals surface area (Å²) in [4.78, 5) is 14.2. The van der Waals surface area contributed by atoms with Crippen molar-refractivity contribution in [3.63, 3.8) is 0 Å². The molecule has 1 aliphatic carbocycles. The van der Waals surface area contributed by atoms with Crippen LogP contribution in [0.4, 0.5) is 0 Å². The first-order chi connectivity index (χ1) is 8.69. The van der Waals surface area contributed by atoms with E-state index in [1.54, 1.807) is 0 Å². The molecule has 0 saturated heterocycles. The summed E-state index contributed by atoms with van der Waals surface area (Å²) in [7, 11) is 0. The van der Waals surface area contributed by atoms with E-state index >= 15 is 0 Å². The van der Waals surface area contributed by atoms with Crippen LogP contribution in [0, 0.1) is 11.3 Å². The van der Waals surface area contributed by atoms with Crippen molar-refractivity contribution in [2.45, 2.75) is 64.5 Å². The highest BCUT2D eigenvalue weighted by atomic mass is 16.2. The fourth-order valence-electron chi connectivity index (χ4n) is 2.55. The second kappa shape index (κ2) is 8.10. The Morgan fingerprint density at radius 1 is 1.44 bits per heavy atom. The van der Waals surface area contributed by atoms with Crippen molar-refractivity contribution in [2.24, 2.45) is 0 Å². The van der Waals surface area contributed by atoms with Crippen molar-refractivity contribution >= 4 is 5.91 Å². The SMILES string of the molecule is CCN(CCC#N)C(C)C(=O)NC1CCCCC1. The van der Waals surface area contributed by atoms with Crippen molar-refractivity contribution in [2.75, 3.05) is 13.1 Å². The Bertz CT molecular complexity index is 292. The molecule has 4 nitrogen and oxygen atoms in total. The molecular formula is C14H25N3O. The molecule has 0 aliphatic heterocycles. The van der Waals surface area contributed by atoms with Gasteiger partial charge in [0.2, 0.25) is 5.91 Å². The van der Waals surface area contributed by atoms with Crippen molar-refractivity contribution < 1.29 is 4.79 Å². The van der Waals surface area contributed by atoms with E-state index in [0.717, 1.165) is 19.4 Å². The highest BCUT2D eigenvalue weighted by Gasteiger charge is 2.23. The van der Waals surface area contributed by atoms with Crippen LogP contribution in [-0.2, 0) is 4.79 Å². The van der Waals surface area contributed by atoms with Gasteiger partial charge in [0.1, 0.15) is 0 Å². The molecule has 0 heterocycles. The third-order valence-electron chi connectivity index (χ3n) is 3.80. The van der Waals surface area contributed by atoms with Crippen LogP contribution in [0.15, 0.2) is 0 Å². The molecule has 0 aromatic carbocycles. The van der Waals surface area contributed by atoms with Gasteiger partial charge in [-0.25, -0.2) is 0 Å². The lowest BCUT2D eigenvalue weighted by Gasteiger charge is -2.29. The number of likely N-dealkylation sites (N-methyl/N-ethyl adjacent to an activating group) is 1. The van der Waals surface area contributed by atoms with Crippen LogP contribution in [-0.4, -0.2) is 36.0 Å². The second-order valence-electron chi connectivity index (χ2n) is 5.06. The van der Waals surface area contributed by atoms with Gasteiger partial charge < -0.3 is 5.32 Å². The van der Waals surface area contributed by atoms with E-state index < -0.39 is 0 Å². The van der Waals surface area contributed by atoms with Crippen LogP contribution in [0.1, 0.15) is 52.4 Å². The highest BCUT2D eigenvalue weighted by Crippen LogP contribution is 2.17. The van der Waals surface area contributed by atoms with Crippen LogP contribution < -0.4 is 5.32 Å². The van der Waals surface area contributed by atoms with Gasteiger partial charge in [-0.05, 0) is 26.3 Å². The van der Waals surface area contributed by atoms with Crippen molar-refractivity contribution in [1.82, 2.24) is 10.2 Å². The van der Waals surface area contributed by atoms with Crippen molar-refractivity contribution in [3.8, 4) is 6.07 Å². The lowest BCUT2D eigenvalue weighted by Crippen LogP contribution is -2.48. The van der Waals surface area contributed by atoms with Gasteiger partial charge in [-0.2, -0.15) is 5.26 Å². The molecule has 1 aliphatic rings. The van der Waals surface area contributed by atoms with Gasteiger partial charge in [0.15, 0.2) is 0 Å². The number of rotatable bonds is 6. The lowest BCUT2D eigenvalue weighted by molar-refractivity contribution is -0.126. The number of hydrogen-bond acceptors (Lipinski definition) is 3. The Morgan fingerprint density at radius 3 is 2.67 bits per heavy atom. The molecule has 18 heavy (non-hydrogen) atoms. The molecule has 1 amide bonds. The van der Waals surface area contributed by atoms with Gasteiger partial charge in [0, 0.05) is 19.0 Å². The monoisotopic (exact) mass is 251 g/mol. The third-order valence-corrected chi connectivity index (χ3v) is 3.80. The van der Waals surface area contributed by atoms with Gasteiger partial charge >= 0.3 is 0 Å². The predicted molar refractivity (Wildman–Crippen MR) is 72.0 cm³/mol. The van der Waals surface area contributed by atoms with E-state index in [9.17, 15) is 4.79 Å². The highest BCUT2D eigenvalue weighted by molar-refractivity contribution is 5.81. The second-order valence-corrected chi connectivity index (χ2v) is 5.06. The summed E-state index contributed by atoms with van der Waals surface area (Å²) in [5.74, 6) is 0.113. The first kappa shape index (κ1) is 15.0. The van der Waals surface area contributed by atoms with E-state index in [4.69, 9.17) is 5.26 Å². The normalized spacial score (nSPS) is 18.3. The number of hydrogen-bond donors (Lipinski definition) is 1. The minimum Gasteiger partial charge on any atom is -0.352 e. The third kappa shape index (κ3) is 4.66. The van der Waals surface area contributed by atoms with Crippen LogP contribution in [0.3, 0.4) is 0 Å². The van der Waals surface area contributed by atoms with Gasteiger partial charge in [0.25, 0.3) is 0 Å². The average molecular weight is 251 g/mol. The molecule has 0 aromatic heterocycles. The maximum Gasteiger partial charge on any atom is 0.237 e. The molecule has 0 radical (unpaired) electrons. The number of nitrogens with one attached hydrogen (secondary N) is 1. The molecule has 1 N–H and O–H groups in total. The van der Waals surface area contributed by atoms with Gasteiger partial charge in [-0.15, -0.1) is 0 Å². The van der Waals surface area contributed by atoms with Gasteiger partial charge in [-0.3, -0.25) is 9.69 Å². The Morgan fingerprint density at radius 2 is 2.11 bits per heavy atom. The molecule has 1 fully saturated rings. The molecule has 1 rings (SSSR count). The first-order valence-electron chi connectivity index (χ1n) is 7.10. The summed E-state index contributed by atoms with van der Waals surface area (Å²) < 4.78 is 0. The smallest absolute Gasteiger partial charge is 0.237 e. The molecule has 0 bridgehead atoms. The Balaban J connectivity index is 2.40. The Labute approximate surface area is 110 Å². The zero-order chi connectivity index (χ0) is 13.4. The molecule has 102 valence electrons. The van der Waals surface area contributed by atoms with Gasteiger partial charge in [-0.1, -0.05) is 26.2 Å². The quantitative estimate of drug-likeness (QED) is 0.786. The van der Waals surface area contributed by atoms with Crippen LogP contribution in [0.25, 0.3) is 0 Å². The number of nitrogens with zero attached hydrogens (tertiary/aromatic N) is 2. The lowest BCUT2D eigenvalue weighted by atomic mass is 9.95. The average Bonchev–Trinajstić information content (AvgIpc) is 2.40. The topological polar surface area (TPSA) is 56.1 Å². The number of carbonyl (C=O) groups is 1. The van der Waals surface area contributed by atoms with Crippen LogP contribution in [0.5, 0.6) is 0 Å². The van der Waals surface area contributed by atoms with E-state index in [0.29, 0.717) is 19.0 Å². The molecule has 0 aromatic rings. The van der Waals surface area contributed by atoms with E-state index in [-0.39, 0.29) is 11.9 Å². The summed E-state index contributed by atoms with van der Waals surface area (Å²) in [5.41, 5.74) is 0. The molecule has 1 saturated carbocycles. The maximum atomic E-state index is 12.1. The fraction of sp³-hybridized carbons (Fsp3) is 0.857. The number of nitriles is 1. The number of carbonyl (C=O) groups excluding carboxylic acids is 1. The predicted octanol–water partition coefficient (Wildman–Crippen LogP) is 2.06. The molecule has 0 spiro atoms. The van der Waals surface area contributed by atoms with E-state index in [1.807, 2.05) is 13.8 Å². The zero-order valence-corrected chi connectivity index (χ0v) is 11.6. The largest absolute Gasteiger partial charge is 0.352 e. The molecule has 4 heteroatoms.